The van der Waals surface area contributed by atoms with Crippen molar-refractivity contribution in [1.29, 1.82) is 5.26 Å². The molecule has 0 saturated heterocycles. The average Bonchev–Trinajstić information content (AvgIpc) is 2.63. The first-order valence-electron chi connectivity index (χ1n) is 3.63. The van der Waals surface area contributed by atoms with Gasteiger partial charge in [0, 0.05) is 12.1 Å². The highest BCUT2D eigenvalue weighted by Gasteiger charge is 2.04. The summed E-state index contributed by atoms with van der Waals surface area (Å²) < 4.78 is 6.60. The molecule has 0 aliphatic heterocycles. The van der Waals surface area contributed by atoms with E-state index < -0.39 is 0 Å². The quantitative estimate of drug-likeness (QED) is 0.635. The van der Waals surface area contributed by atoms with Crippen molar-refractivity contribution in [1.82, 2.24) is 14.6 Å². The summed E-state index contributed by atoms with van der Waals surface area (Å²) in [5.41, 5.74) is 1.07. The van der Waals surface area contributed by atoms with Crippen molar-refractivity contribution < 1.29 is 4.74 Å². The normalized spacial score (nSPS) is 9.85. The zero-order chi connectivity index (χ0) is 9.26. The Morgan fingerprint density at radius 2 is 2.38 bits per heavy atom. The number of methoxy groups -OCH3 is 1. The van der Waals surface area contributed by atoms with E-state index in [1.54, 1.807) is 23.6 Å². The van der Waals surface area contributed by atoms with Crippen LogP contribution in [0.4, 0.5) is 0 Å². The van der Waals surface area contributed by atoms with E-state index in [9.17, 15) is 0 Å². The molecule has 0 unspecified atom stereocenters. The first kappa shape index (κ1) is 7.55. The molecule has 0 spiro atoms. The first-order valence-corrected chi connectivity index (χ1v) is 3.63. The average molecular weight is 174 g/mol. The summed E-state index contributed by atoms with van der Waals surface area (Å²) in [6, 6.07) is 5.39. The molecule has 64 valence electrons. The minimum atomic E-state index is 0.458. The van der Waals surface area contributed by atoms with E-state index in [2.05, 4.69) is 10.2 Å². The molecule has 0 aromatic carbocycles. The Kier molecular flexibility index (Phi) is 1.60. The van der Waals surface area contributed by atoms with Gasteiger partial charge in [-0.3, -0.25) is 4.40 Å². The second-order valence-corrected chi connectivity index (χ2v) is 2.45. The second-order valence-electron chi connectivity index (χ2n) is 2.45. The van der Waals surface area contributed by atoms with Crippen molar-refractivity contribution in [2.45, 2.75) is 0 Å². The van der Waals surface area contributed by atoms with Crippen LogP contribution in [-0.2, 0) is 0 Å². The van der Waals surface area contributed by atoms with Crippen LogP contribution in [0.25, 0.3) is 5.65 Å². The fraction of sp³-hybridized carbons (Fsp3) is 0.125. The molecule has 2 aromatic heterocycles. The van der Waals surface area contributed by atoms with Crippen LogP contribution >= 0.6 is 0 Å². The maximum Gasteiger partial charge on any atom is 0.165 e. The minimum Gasteiger partial charge on any atom is -0.497 e. The third kappa shape index (κ3) is 1.08. The lowest BCUT2D eigenvalue weighted by molar-refractivity contribution is 0.414. The van der Waals surface area contributed by atoms with Gasteiger partial charge in [-0.2, -0.15) is 5.26 Å². The van der Waals surface area contributed by atoms with Gasteiger partial charge in [0.1, 0.15) is 23.8 Å². The molecule has 0 bridgehead atoms. The molecular weight excluding hydrogens is 168 g/mol. The summed E-state index contributed by atoms with van der Waals surface area (Å²) in [4.78, 5) is 0. The van der Waals surface area contributed by atoms with Gasteiger partial charge in [-0.25, -0.2) is 0 Å². The maximum absolute atomic E-state index is 8.79. The number of nitriles is 1. The third-order valence-electron chi connectivity index (χ3n) is 1.73. The van der Waals surface area contributed by atoms with Gasteiger partial charge in [0.25, 0.3) is 0 Å². The SMILES string of the molecule is COc1cc(C#N)n2cnnc2c1. The van der Waals surface area contributed by atoms with Crippen molar-refractivity contribution in [2.24, 2.45) is 0 Å². The Bertz CT molecular complexity index is 482. The Balaban J connectivity index is 2.79. The highest BCUT2D eigenvalue weighted by molar-refractivity contribution is 5.48. The highest BCUT2D eigenvalue weighted by Crippen LogP contribution is 2.15. The van der Waals surface area contributed by atoms with Crippen LogP contribution in [0.3, 0.4) is 0 Å². The number of nitrogens with zero attached hydrogens (tertiary/aromatic N) is 4. The largest absolute Gasteiger partial charge is 0.497 e. The van der Waals surface area contributed by atoms with E-state index in [1.807, 2.05) is 6.07 Å². The molecule has 0 N–H and O–H groups in total. The molecule has 2 heterocycles. The number of aromatic nitrogens is 3. The summed E-state index contributed by atoms with van der Waals surface area (Å²) >= 11 is 0. The Morgan fingerprint density at radius 3 is 3.08 bits per heavy atom. The first-order chi connectivity index (χ1) is 6.35. The zero-order valence-electron chi connectivity index (χ0n) is 6.93. The van der Waals surface area contributed by atoms with Crippen LogP contribution in [0.15, 0.2) is 18.5 Å². The van der Waals surface area contributed by atoms with Crippen LogP contribution < -0.4 is 4.74 Å². The number of ether oxygens (including phenoxy) is 1. The van der Waals surface area contributed by atoms with E-state index in [4.69, 9.17) is 10.00 Å². The van der Waals surface area contributed by atoms with Gasteiger partial charge < -0.3 is 4.74 Å². The molecule has 0 aliphatic rings. The summed E-state index contributed by atoms with van der Waals surface area (Å²) in [5, 5.41) is 16.3. The topological polar surface area (TPSA) is 63.2 Å². The highest BCUT2D eigenvalue weighted by atomic mass is 16.5. The monoisotopic (exact) mass is 174 g/mol. The van der Waals surface area contributed by atoms with Gasteiger partial charge in [0.2, 0.25) is 0 Å². The number of rotatable bonds is 1. The van der Waals surface area contributed by atoms with Crippen molar-refractivity contribution in [3.8, 4) is 11.8 Å². The van der Waals surface area contributed by atoms with Gasteiger partial charge in [0.05, 0.1) is 7.11 Å². The fourth-order valence-electron chi connectivity index (χ4n) is 1.11. The van der Waals surface area contributed by atoms with Crippen LogP contribution in [-0.4, -0.2) is 21.7 Å². The summed E-state index contributed by atoms with van der Waals surface area (Å²) in [6.45, 7) is 0. The van der Waals surface area contributed by atoms with E-state index in [-0.39, 0.29) is 0 Å². The van der Waals surface area contributed by atoms with Gasteiger partial charge in [-0.1, -0.05) is 0 Å². The predicted octanol–water partition coefficient (Wildman–Crippen LogP) is 0.610. The molecule has 13 heavy (non-hydrogen) atoms. The second kappa shape index (κ2) is 2.75. The number of hydrogen-bond donors (Lipinski definition) is 0. The van der Waals surface area contributed by atoms with Gasteiger partial charge >= 0.3 is 0 Å². The lowest BCUT2D eigenvalue weighted by Crippen LogP contribution is -1.93. The smallest absolute Gasteiger partial charge is 0.165 e. The van der Waals surface area contributed by atoms with Crippen LogP contribution in [0.5, 0.6) is 5.75 Å². The van der Waals surface area contributed by atoms with E-state index in [0.717, 1.165) is 0 Å². The molecule has 0 amide bonds. The predicted molar refractivity (Wildman–Crippen MR) is 44.3 cm³/mol. The summed E-state index contributed by atoms with van der Waals surface area (Å²) in [5.74, 6) is 0.608. The Morgan fingerprint density at radius 1 is 1.54 bits per heavy atom. The molecule has 2 aromatic rings. The molecule has 2 rings (SSSR count). The summed E-state index contributed by atoms with van der Waals surface area (Å²) in [7, 11) is 1.54. The van der Waals surface area contributed by atoms with Crippen molar-refractivity contribution in [3.05, 3.63) is 24.2 Å². The van der Waals surface area contributed by atoms with Gasteiger partial charge in [-0.05, 0) is 0 Å². The van der Waals surface area contributed by atoms with Crippen LogP contribution in [0.2, 0.25) is 0 Å². The number of hydrogen-bond acceptors (Lipinski definition) is 4. The van der Waals surface area contributed by atoms with Crippen LogP contribution in [0, 0.1) is 11.3 Å². The van der Waals surface area contributed by atoms with E-state index in [1.165, 1.54) is 6.33 Å². The molecule has 0 saturated carbocycles. The van der Waals surface area contributed by atoms with E-state index in [0.29, 0.717) is 17.1 Å². The minimum absolute atomic E-state index is 0.458. The van der Waals surface area contributed by atoms with Crippen molar-refractivity contribution >= 4 is 5.65 Å². The van der Waals surface area contributed by atoms with Crippen molar-refractivity contribution in [3.63, 3.8) is 0 Å². The summed E-state index contributed by atoms with van der Waals surface area (Å²) in [6.07, 6.45) is 1.49. The van der Waals surface area contributed by atoms with Gasteiger partial charge in [0.15, 0.2) is 5.65 Å². The van der Waals surface area contributed by atoms with Crippen molar-refractivity contribution in [2.75, 3.05) is 7.11 Å². The lowest BCUT2D eigenvalue weighted by Gasteiger charge is -2.00. The number of fused-ring (bicyclic) bond motifs is 1. The molecule has 0 atom stereocenters. The molecule has 5 heteroatoms. The number of pyridine rings is 1. The maximum atomic E-state index is 8.79. The standard InChI is InChI=1S/C8H6N4O/c1-13-7-2-6(4-9)12-5-10-11-8(12)3-7/h2-3,5H,1H3. The van der Waals surface area contributed by atoms with E-state index >= 15 is 0 Å². The third-order valence-corrected chi connectivity index (χ3v) is 1.73. The zero-order valence-corrected chi connectivity index (χ0v) is 6.93. The molecule has 0 fully saturated rings. The molecule has 0 radical (unpaired) electrons. The lowest BCUT2D eigenvalue weighted by atomic mass is 10.3. The Labute approximate surface area is 74.2 Å². The Hall–Kier alpha value is -2.09. The molecule has 0 aliphatic carbocycles. The fourth-order valence-corrected chi connectivity index (χ4v) is 1.11. The molecular formula is C8H6N4O. The molecule has 5 nitrogen and oxygen atoms in total. The van der Waals surface area contributed by atoms with Crippen LogP contribution in [0.1, 0.15) is 5.69 Å². The van der Waals surface area contributed by atoms with Gasteiger partial charge in [-0.15, -0.1) is 10.2 Å².